The number of hydrogen-bond donors (Lipinski definition) is 2. The van der Waals surface area contributed by atoms with Crippen molar-refractivity contribution in [2.45, 2.75) is 18.6 Å². The summed E-state index contributed by atoms with van der Waals surface area (Å²) < 4.78 is 39.0. The lowest BCUT2D eigenvalue weighted by Gasteiger charge is -2.21. The second-order valence-corrected chi connectivity index (χ2v) is 5.27. The summed E-state index contributed by atoms with van der Waals surface area (Å²) in [5, 5.41) is 11.9. The first kappa shape index (κ1) is 18.7. The smallest absolute Gasteiger partial charge is 0.315 e. The van der Waals surface area contributed by atoms with Crippen LogP contribution < -0.4 is 14.9 Å². The molecule has 0 bridgehead atoms. The van der Waals surface area contributed by atoms with E-state index in [2.05, 4.69) is 0 Å². The molecule has 0 radical (unpaired) electrons. The topological polar surface area (TPSA) is 62.4 Å². The Labute approximate surface area is 142 Å². The number of benzene rings is 1. The molecule has 1 amide bonds. The van der Waals surface area contributed by atoms with Crippen LogP contribution in [0.1, 0.15) is 11.7 Å². The molecule has 2 aromatic rings. The number of aromatic nitrogens is 1. The predicted molar refractivity (Wildman–Crippen MR) is 83.4 cm³/mol. The van der Waals surface area contributed by atoms with Gasteiger partial charge in [-0.25, -0.2) is 4.39 Å². The number of pyridine rings is 1. The molecule has 2 atom stereocenters. The van der Waals surface area contributed by atoms with Gasteiger partial charge in [0.1, 0.15) is 19.9 Å². The van der Waals surface area contributed by atoms with Crippen molar-refractivity contribution in [1.82, 2.24) is 5.32 Å². The van der Waals surface area contributed by atoms with E-state index in [0.29, 0.717) is 5.56 Å². The van der Waals surface area contributed by atoms with E-state index in [9.17, 15) is 23.1 Å². The zero-order valence-corrected chi connectivity index (χ0v) is 13.4. The number of carbonyl (C=O) groups is 1. The second kappa shape index (κ2) is 8.48. The van der Waals surface area contributed by atoms with E-state index in [1.165, 1.54) is 11.8 Å². The minimum absolute atomic E-state index is 0.309. The third kappa shape index (κ3) is 4.69. The maximum atomic E-state index is 13.0. The Balaban J connectivity index is 2.12. The lowest BCUT2D eigenvalue weighted by molar-refractivity contribution is -0.885. The Hall–Kier alpha value is -2.61. The molecule has 1 heterocycles. The summed E-state index contributed by atoms with van der Waals surface area (Å²) in [5.41, 5.74) is 2.04. The first-order valence-corrected chi connectivity index (χ1v) is 7.45. The monoisotopic (exact) mass is 355 g/mol. The minimum atomic E-state index is -3.27. The first-order valence-electron chi connectivity index (χ1n) is 7.45. The molecule has 1 aromatic heterocycles. The summed E-state index contributed by atoms with van der Waals surface area (Å²) in [6, 6.07) is 8.71. The number of aliphatic hydroxyl groups is 1. The Morgan fingerprint density at radius 2 is 1.72 bits per heavy atom. The fraction of sp³-hybridized carbons (Fsp3) is 0.294. The maximum Gasteiger partial charge on any atom is 0.315 e. The summed E-state index contributed by atoms with van der Waals surface area (Å²) in [6.07, 6.45) is -1.27. The molecule has 0 saturated carbocycles. The zero-order chi connectivity index (χ0) is 18.4. The second-order valence-electron chi connectivity index (χ2n) is 5.27. The van der Waals surface area contributed by atoms with E-state index >= 15 is 0 Å². The van der Waals surface area contributed by atoms with E-state index in [1.807, 2.05) is 12.1 Å². The van der Waals surface area contributed by atoms with E-state index in [0.717, 1.165) is 11.1 Å². The lowest BCUT2D eigenvalue weighted by atomic mass is 9.99. The van der Waals surface area contributed by atoms with Crippen LogP contribution >= 0.6 is 0 Å². The molecule has 0 spiro atoms. The number of hydrogen-bond acceptors (Lipinski definition) is 3. The van der Waals surface area contributed by atoms with Crippen LogP contribution in [0.5, 0.6) is 0 Å². The van der Waals surface area contributed by atoms with Crippen molar-refractivity contribution in [2.75, 3.05) is 13.8 Å². The normalized spacial score (nSPS) is 13.4. The van der Waals surface area contributed by atoms with Gasteiger partial charge in [0, 0.05) is 16.9 Å². The van der Waals surface area contributed by atoms with Gasteiger partial charge in [0.25, 0.3) is 5.91 Å². The van der Waals surface area contributed by atoms with Crippen LogP contribution in [0.3, 0.4) is 0 Å². The third-order valence-electron chi connectivity index (χ3n) is 3.67. The van der Waals surface area contributed by atoms with Gasteiger partial charge < -0.3 is 10.4 Å². The Morgan fingerprint density at radius 1 is 1.16 bits per heavy atom. The Morgan fingerprint density at radius 3 is 2.20 bits per heavy atom. The van der Waals surface area contributed by atoms with Gasteiger partial charge in [0.05, 0.1) is 6.04 Å². The first-order chi connectivity index (χ1) is 12.0. The van der Waals surface area contributed by atoms with Gasteiger partial charge in [-0.05, 0) is 16.7 Å². The molecule has 1 aromatic carbocycles. The average Bonchev–Trinajstić information content (AvgIpc) is 2.65. The number of amides is 1. The molecule has 0 aliphatic heterocycles. The van der Waals surface area contributed by atoms with Crippen molar-refractivity contribution in [2.24, 2.45) is 0 Å². The van der Waals surface area contributed by atoms with Crippen molar-refractivity contribution in [3.63, 3.8) is 0 Å². The molecule has 2 N–H and O–H groups in total. The molecule has 5 nitrogen and oxygen atoms in total. The van der Waals surface area contributed by atoms with E-state index < -0.39 is 31.2 Å². The summed E-state index contributed by atoms with van der Waals surface area (Å²) >= 11 is 0. The molecule has 8 heteroatoms. The number of rotatable bonds is 7. The van der Waals surface area contributed by atoms with Crippen LogP contribution in [0.2, 0.25) is 0 Å². The molecular weight excluding hydrogens is 337 g/mol. The van der Waals surface area contributed by atoms with E-state index in [4.69, 9.17) is 4.84 Å². The van der Waals surface area contributed by atoms with Crippen molar-refractivity contribution in [3.05, 3.63) is 54.4 Å². The van der Waals surface area contributed by atoms with Crippen molar-refractivity contribution >= 4 is 5.91 Å². The van der Waals surface area contributed by atoms with Crippen LogP contribution in [0, 0.1) is 0 Å². The number of alkyl halides is 3. The number of halogens is 3. The van der Waals surface area contributed by atoms with Crippen molar-refractivity contribution < 1.29 is 32.6 Å². The average molecular weight is 355 g/mol. The number of nitrogens with zero attached hydrogens (tertiary/aromatic N) is 1. The molecule has 0 saturated heterocycles. The van der Waals surface area contributed by atoms with Gasteiger partial charge in [0.15, 0.2) is 0 Å². The summed E-state index contributed by atoms with van der Waals surface area (Å²) in [7, 11) is 1.53. The van der Waals surface area contributed by atoms with Gasteiger partial charge in [-0.15, -0.1) is 0 Å². The predicted octanol–water partition coefficient (Wildman–Crippen LogP) is 1.45. The maximum absolute atomic E-state index is 13.0. The highest BCUT2D eigenvalue weighted by Crippen LogP contribution is 2.23. The Bertz CT molecular complexity index is 693. The fourth-order valence-corrected chi connectivity index (χ4v) is 2.28. The zero-order valence-electron chi connectivity index (χ0n) is 13.4. The van der Waals surface area contributed by atoms with Crippen molar-refractivity contribution in [3.8, 4) is 11.1 Å². The number of aliphatic hydroxyl groups excluding tert-OH is 1. The highest BCUT2D eigenvalue weighted by Gasteiger charge is 2.26. The molecule has 25 heavy (non-hydrogen) atoms. The SMILES string of the molecule is CO[n+]1ccc(-c2ccc([C@@H](O)[C@@H](CF)NC(=O)C(F)F)cc2)cc1. The van der Waals surface area contributed by atoms with Crippen LogP contribution in [0.25, 0.3) is 11.1 Å². The molecule has 0 aliphatic carbocycles. The third-order valence-corrected chi connectivity index (χ3v) is 3.67. The summed E-state index contributed by atoms with van der Waals surface area (Å²) in [4.78, 5) is 16.0. The number of carbonyl (C=O) groups excluding carboxylic acids is 1. The van der Waals surface area contributed by atoms with Crippen LogP contribution in [-0.4, -0.2) is 37.3 Å². The lowest BCUT2D eigenvalue weighted by Crippen LogP contribution is -2.43. The fourth-order valence-electron chi connectivity index (χ4n) is 2.28. The van der Waals surface area contributed by atoms with Gasteiger partial charge in [-0.3, -0.25) is 9.63 Å². The minimum Gasteiger partial charge on any atom is -0.386 e. The number of nitrogens with one attached hydrogen (secondary N) is 1. The van der Waals surface area contributed by atoms with Crippen LogP contribution in [0.15, 0.2) is 48.8 Å². The Kier molecular flexibility index (Phi) is 6.35. The van der Waals surface area contributed by atoms with E-state index in [-0.39, 0.29) is 0 Å². The molecule has 0 unspecified atom stereocenters. The molecule has 0 fully saturated rings. The molecule has 134 valence electrons. The van der Waals surface area contributed by atoms with E-state index in [1.54, 1.807) is 42.0 Å². The summed E-state index contributed by atoms with van der Waals surface area (Å²) in [5.74, 6) is -1.62. The molecule has 2 rings (SSSR count). The van der Waals surface area contributed by atoms with Gasteiger partial charge in [0.2, 0.25) is 12.4 Å². The largest absolute Gasteiger partial charge is 0.386 e. The highest BCUT2D eigenvalue weighted by atomic mass is 19.3. The molecule has 0 aliphatic rings. The van der Waals surface area contributed by atoms with Crippen molar-refractivity contribution in [1.29, 1.82) is 0 Å². The summed E-state index contributed by atoms with van der Waals surface area (Å²) in [6.45, 7) is -1.17. The van der Waals surface area contributed by atoms with Gasteiger partial charge in [-0.1, -0.05) is 24.3 Å². The van der Waals surface area contributed by atoms with Crippen LogP contribution in [0.4, 0.5) is 13.2 Å². The highest BCUT2D eigenvalue weighted by molar-refractivity contribution is 5.79. The van der Waals surface area contributed by atoms with Gasteiger partial charge in [-0.2, -0.15) is 8.78 Å². The standard InChI is InChI=1S/C17H17F3N2O3/c1-25-22-8-6-12(7-9-22)11-2-4-13(5-3-11)15(23)14(10-18)21-17(24)16(19)20/h2-9,14-16,23H,10H2,1H3/p+1/t14-,15-/m1/s1. The quantitative estimate of drug-likeness (QED) is 0.739. The molecular formula is C17H18F3N2O3+. The van der Waals surface area contributed by atoms with Gasteiger partial charge >= 0.3 is 6.43 Å². The van der Waals surface area contributed by atoms with Crippen LogP contribution in [-0.2, 0) is 4.79 Å².